The number of alkyl halides is 3. The van der Waals surface area contributed by atoms with Crippen LogP contribution in [0.25, 0.3) is 0 Å². The molecule has 1 aliphatic carbocycles. The fraction of sp³-hybridized carbons (Fsp3) is 0.379. The van der Waals surface area contributed by atoms with Crippen LogP contribution >= 0.6 is 11.6 Å². The lowest BCUT2D eigenvalue weighted by Gasteiger charge is -2.26. The molecule has 42 heavy (non-hydrogen) atoms. The van der Waals surface area contributed by atoms with E-state index in [0.29, 0.717) is 36.6 Å². The number of nitrogens with one attached hydrogen (secondary N) is 3. The lowest BCUT2D eigenvalue weighted by molar-refractivity contribution is -0.137. The van der Waals surface area contributed by atoms with Crippen molar-refractivity contribution in [3.63, 3.8) is 0 Å². The van der Waals surface area contributed by atoms with Crippen LogP contribution in [0.3, 0.4) is 0 Å². The Labute approximate surface area is 245 Å². The molecule has 1 aliphatic heterocycles. The molecule has 0 bridgehead atoms. The number of nitrogens with zero attached hydrogens (tertiary/aromatic N) is 3. The molecule has 0 unspecified atom stereocenters. The van der Waals surface area contributed by atoms with Crippen molar-refractivity contribution in [2.24, 2.45) is 0 Å². The predicted molar refractivity (Wildman–Crippen MR) is 153 cm³/mol. The molecule has 2 heterocycles. The third-order valence-corrected chi connectivity index (χ3v) is 7.79. The van der Waals surface area contributed by atoms with Gasteiger partial charge < -0.3 is 20.7 Å². The first-order valence-electron chi connectivity index (χ1n) is 13.5. The van der Waals surface area contributed by atoms with Crippen molar-refractivity contribution in [2.45, 2.75) is 31.4 Å². The molecule has 2 aromatic carbocycles. The summed E-state index contributed by atoms with van der Waals surface area (Å²) >= 11 is 5.68. The zero-order chi connectivity index (χ0) is 29.9. The van der Waals surface area contributed by atoms with Crippen LogP contribution in [0, 0.1) is 6.92 Å². The highest BCUT2D eigenvalue weighted by atomic mass is 35.5. The fourth-order valence-corrected chi connectivity index (χ4v) is 5.00. The first kappa shape index (κ1) is 29.7. The summed E-state index contributed by atoms with van der Waals surface area (Å²) in [6.07, 6.45) is -2.00. The normalized spacial score (nSPS) is 16.5. The van der Waals surface area contributed by atoms with Crippen LogP contribution in [0.4, 0.5) is 30.4 Å². The lowest BCUT2D eigenvalue weighted by atomic mass is 10.00. The number of carbonyl (C=O) groups is 2. The number of carbonyl (C=O) groups excluding carboxylic acids is 2. The molecule has 5 rings (SSSR count). The summed E-state index contributed by atoms with van der Waals surface area (Å²) < 4.78 is 45.1. The van der Waals surface area contributed by atoms with Gasteiger partial charge in [-0.3, -0.25) is 14.5 Å². The van der Waals surface area contributed by atoms with Gasteiger partial charge in [0.25, 0.3) is 5.91 Å². The Morgan fingerprint density at radius 3 is 2.52 bits per heavy atom. The van der Waals surface area contributed by atoms with Crippen LogP contribution in [-0.2, 0) is 21.1 Å². The van der Waals surface area contributed by atoms with Crippen LogP contribution in [0.2, 0.25) is 5.02 Å². The summed E-state index contributed by atoms with van der Waals surface area (Å²) in [5.74, 6) is -0.252. The highest BCUT2D eigenvalue weighted by Crippen LogP contribution is 2.48. The quantitative estimate of drug-likeness (QED) is 0.312. The summed E-state index contributed by atoms with van der Waals surface area (Å²) in [7, 11) is 0. The van der Waals surface area contributed by atoms with Crippen LogP contribution in [-0.4, -0.2) is 66.1 Å². The van der Waals surface area contributed by atoms with Crippen LogP contribution in [0.15, 0.2) is 48.8 Å². The smallest absolute Gasteiger partial charge is 0.379 e. The summed E-state index contributed by atoms with van der Waals surface area (Å²) in [5, 5.41) is 8.24. The van der Waals surface area contributed by atoms with E-state index in [1.165, 1.54) is 24.5 Å². The average Bonchev–Trinajstić information content (AvgIpc) is 3.78. The maximum absolute atomic E-state index is 13.5. The number of ether oxygens (including phenoxy) is 1. The number of rotatable bonds is 9. The number of aryl methyl sites for hydroxylation is 1. The Kier molecular flexibility index (Phi) is 8.67. The van der Waals surface area contributed by atoms with Crippen molar-refractivity contribution in [1.29, 1.82) is 0 Å². The highest BCUT2D eigenvalue weighted by Gasteiger charge is 2.53. The second-order valence-electron chi connectivity index (χ2n) is 10.4. The molecule has 1 saturated heterocycles. The largest absolute Gasteiger partial charge is 0.417 e. The molecule has 0 atom stereocenters. The number of hydrogen-bond acceptors (Lipinski definition) is 7. The van der Waals surface area contributed by atoms with Crippen LogP contribution in [0.1, 0.15) is 40.0 Å². The third-order valence-electron chi connectivity index (χ3n) is 7.46. The van der Waals surface area contributed by atoms with E-state index in [0.717, 1.165) is 50.5 Å². The SMILES string of the molecule is Cc1ccc(C(=O)Nc2ccc(Cl)c(C(F)(F)F)c2)cc1NC(=O)C1(c2cc(NCCN3CCOCC3)ncn2)CC1. The van der Waals surface area contributed by atoms with Gasteiger partial charge in [0.05, 0.1) is 34.9 Å². The van der Waals surface area contributed by atoms with Gasteiger partial charge in [-0.2, -0.15) is 13.2 Å². The molecule has 0 radical (unpaired) electrons. The minimum Gasteiger partial charge on any atom is -0.379 e. The molecule has 1 aromatic heterocycles. The number of amides is 2. The molecule has 2 amide bonds. The Morgan fingerprint density at radius 1 is 1.05 bits per heavy atom. The number of morpholine rings is 1. The second kappa shape index (κ2) is 12.2. The number of aromatic nitrogens is 2. The zero-order valence-electron chi connectivity index (χ0n) is 22.9. The molecule has 1 saturated carbocycles. The third kappa shape index (κ3) is 6.83. The monoisotopic (exact) mass is 602 g/mol. The van der Waals surface area contributed by atoms with Crippen molar-refractivity contribution in [2.75, 3.05) is 55.3 Å². The van der Waals surface area contributed by atoms with Gasteiger partial charge in [-0.05, 0) is 55.7 Å². The molecular weight excluding hydrogens is 573 g/mol. The molecule has 3 N–H and O–H groups in total. The maximum Gasteiger partial charge on any atom is 0.417 e. The summed E-state index contributed by atoms with van der Waals surface area (Å²) in [6, 6.07) is 9.63. The maximum atomic E-state index is 13.5. The fourth-order valence-electron chi connectivity index (χ4n) is 4.77. The van der Waals surface area contributed by atoms with Gasteiger partial charge in [-0.15, -0.1) is 0 Å². The Bertz CT molecular complexity index is 1480. The van der Waals surface area contributed by atoms with Gasteiger partial charge in [-0.25, -0.2) is 9.97 Å². The predicted octanol–water partition coefficient (Wildman–Crippen LogP) is 5.12. The number of halogens is 4. The van der Waals surface area contributed by atoms with E-state index in [1.807, 2.05) is 0 Å². The van der Waals surface area contributed by atoms with Gasteiger partial charge >= 0.3 is 6.18 Å². The van der Waals surface area contributed by atoms with E-state index >= 15 is 0 Å². The molecule has 3 aromatic rings. The van der Waals surface area contributed by atoms with Crippen LogP contribution < -0.4 is 16.0 Å². The number of hydrogen-bond donors (Lipinski definition) is 3. The van der Waals surface area contributed by atoms with Crippen LogP contribution in [0.5, 0.6) is 0 Å². The summed E-state index contributed by atoms with van der Waals surface area (Å²) in [5.41, 5.74) is -0.00651. The second-order valence-corrected chi connectivity index (χ2v) is 10.8. The van der Waals surface area contributed by atoms with Gasteiger partial charge in [0, 0.05) is 49.2 Å². The standard InChI is InChI=1S/C29H30ClF3N6O3/c1-18-2-3-19(26(40)37-20-4-5-22(30)21(15-20)29(31,32)33)14-23(18)38-27(41)28(6-7-28)24-16-25(36-17-35-24)34-8-9-39-10-12-42-13-11-39/h2-5,14-17H,6-13H2,1H3,(H,37,40)(H,38,41)(H,34,35,36). The van der Waals surface area contributed by atoms with Gasteiger partial charge in [-0.1, -0.05) is 17.7 Å². The minimum atomic E-state index is -4.67. The molecule has 2 aliphatic rings. The Hall–Kier alpha value is -3.74. The van der Waals surface area contributed by atoms with E-state index in [-0.39, 0.29) is 17.2 Å². The van der Waals surface area contributed by atoms with Crippen molar-refractivity contribution in [1.82, 2.24) is 14.9 Å². The molecule has 0 spiro atoms. The van der Waals surface area contributed by atoms with Gasteiger partial charge in [0.15, 0.2) is 0 Å². The number of anilines is 3. The van der Waals surface area contributed by atoms with Crippen molar-refractivity contribution in [3.8, 4) is 0 Å². The topological polar surface area (TPSA) is 108 Å². The lowest BCUT2D eigenvalue weighted by Crippen LogP contribution is -2.39. The minimum absolute atomic E-state index is 0.0575. The molecule has 222 valence electrons. The highest BCUT2D eigenvalue weighted by molar-refractivity contribution is 6.31. The van der Waals surface area contributed by atoms with E-state index in [9.17, 15) is 22.8 Å². The first-order chi connectivity index (χ1) is 20.0. The van der Waals surface area contributed by atoms with Gasteiger partial charge in [0.2, 0.25) is 5.91 Å². The van der Waals surface area contributed by atoms with E-state index < -0.39 is 28.1 Å². The Balaban J connectivity index is 1.25. The van der Waals surface area contributed by atoms with Crippen molar-refractivity contribution >= 4 is 40.6 Å². The summed E-state index contributed by atoms with van der Waals surface area (Å²) in [4.78, 5) is 37.4. The molecule has 2 fully saturated rings. The van der Waals surface area contributed by atoms with Crippen molar-refractivity contribution in [3.05, 3.63) is 76.2 Å². The van der Waals surface area contributed by atoms with E-state index in [1.54, 1.807) is 19.1 Å². The van der Waals surface area contributed by atoms with Gasteiger partial charge in [0.1, 0.15) is 12.1 Å². The summed E-state index contributed by atoms with van der Waals surface area (Å²) in [6.45, 7) is 6.56. The number of benzene rings is 2. The zero-order valence-corrected chi connectivity index (χ0v) is 23.6. The van der Waals surface area contributed by atoms with E-state index in [4.69, 9.17) is 16.3 Å². The Morgan fingerprint density at radius 2 is 1.81 bits per heavy atom. The first-order valence-corrected chi connectivity index (χ1v) is 13.9. The molecular formula is C29H30ClF3N6O3. The molecule has 13 heteroatoms. The molecule has 9 nitrogen and oxygen atoms in total. The van der Waals surface area contributed by atoms with E-state index in [2.05, 4.69) is 30.8 Å². The van der Waals surface area contributed by atoms with Crippen molar-refractivity contribution < 1.29 is 27.5 Å². The average molecular weight is 603 g/mol.